The minimum atomic E-state index is -0.863. The topological polar surface area (TPSA) is 91.4 Å². The Bertz CT molecular complexity index is 907. The van der Waals surface area contributed by atoms with Crippen molar-refractivity contribution in [2.75, 3.05) is 0 Å². The number of aromatic nitrogens is 1. The summed E-state index contributed by atoms with van der Waals surface area (Å²) in [6.45, 7) is 0.130. The first-order valence-electron chi connectivity index (χ1n) is 11.5. The summed E-state index contributed by atoms with van der Waals surface area (Å²) in [6.07, 6.45) is 11.3. The largest absolute Gasteiger partial charge is 0.351 e. The average Bonchev–Trinajstić information content (AvgIpc) is 3.58. The van der Waals surface area contributed by atoms with Crippen LogP contribution in [0.4, 0.5) is 0 Å². The Balaban J connectivity index is 1.61. The highest BCUT2D eigenvalue weighted by Crippen LogP contribution is 2.29. The standard InChI is InChI=1S/C24H30N4O3S/c29-22(26-18-8-1-2-9-18)21(20-12-6-14-32-20)28(16-17-7-5-13-25-15-17)24(31)23(30)27-19-10-3-4-11-19/h5-7,12-15,18-19,21H,1-4,8-11,16H2,(H,26,29)(H,27,30)/t21-/m0/s1. The monoisotopic (exact) mass is 454 g/mol. The Hall–Kier alpha value is -2.74. The quantitative estimate of drug-likeness (QED) is 0.628. The van der Waals surface area contributed by atoms with Gasteiger partial charge in [0.05, 0.1) is 0 Å². The fourth-order valence-corrected chi connectivity index (χ4v) is 5.47. The van der Waals surface area contributed by atoms with Gasteiger partial charge in [-0.2, -0.15) is 0 Å². The maximum absolute atomic E-state index is 13.5. The molecule has 7 nitrogen and oxygen atoms in total. The van der Waals surface area contributed by atoms with Gasteiger partial charge in [-0.15, -0.1) is 11.3 Å². The molecule has 2 heterocycles. The SMILES string of the molecule is O=C(NC1CCCC1)C(=O)N(Cc1cccnc1)[C@H](C(=O)NC1CCCC1)c1cccs1. The van der Waals surface area contributed by atoms with E-state index in [1.165, 1.54) is 16.2 Å². The van der Waals surface area contributed by atoms with E-state index in [1.54, 1.807) is 18.5 Å². The number of carbonyl (C=O) groups excluding carboxylic acids is 3. The van der Waals surface area contributed by atoms with Gasteiger partial charge < -0.3 is 15.5 Å². The number of nitrogens with zero attached hydrogens (tertiary/aromatic N) is 2. The van der Waals surface area contributed by atoms with Crippen LogP contribution in [0.2, 0.25) is 0 Å². The first-order chi connectivity index (χ1) is 15.6. The molecule has 0 radical (unpaired) electrons. The molecule has 170 valence electrons. The molecule has 2 fully saturated rings. The van der Waals surface area contributed by atoms with E-state index >= 15 is 0 Å². The molecule has 32 heavy (non-hydrogen) atoms. The zero-order valence-electron chi connectivity index (χ0n) is 18.2. The molecular formula is C24H30N4O3S. The van der Waals surface area contributed by atoms with Crippen LogP contribution in [0.25, 0.3) is 0 Å². The normalized spacial score (nSPS) is 17.8. The van der Waals surface area contributed by atoms with E-state index in [-0.39, 0.29) is 24.5 Å². The summed E-state index contributed by atoms with van der Waals surface area (Å²) in [5.74, 6) is -1.55. The van der Waals surface area contributed by atoms with Gasteiger partial charge >= 0.3 is 11.8 Å². The number of hydrogen-bond acceptors (Lipinski definition) is 5. The van der Waals surface area contributed by atoms with Crippen molar-refractivity contribution in [3.8, 4) is 0 Å². The lowest BCUT2D eigenvalue weighted by atomic mass is 10.1. The predicted molar refractivity (Wildman–Crippen MR) is 123 cm³/mol. The first kappa shape index (κ1) is 22.5. The molecule has 0 bridgehead atoms. The second-order valence-electron chi connectivity index (χ2n) is 8.66. The molecule has 0 unspecified atom stereocenters. The van der Waals surface area contributed by atoms with Gasteiger partial charge in [0, 0.05) is 35.9 Å². The number of hydrogen-bond donors (Lipinski definition) is 2. The summed E-state index contributed by atoms with van der Waals surface area (Å²) in [6, 6.07) is 6.63. The lowest BCUT2D eigenvalue weighted by Gasteiger charge is -2.31. The van der Waals surface area contributed by atoms with E-state index in [0.717, 1.165) is 61.8 Å². The molecule has 0 aliphatic heterocycles. The molecule has 3 amide bonds. The molecular weight excluding hydrogens is 424 g/mol. The van der Waals surface area contributed by atoms with E-state index in [4.69, 9.17) is 0 Å². The summed E-state index contributed by atoms with van der Waals surface area (Å²) in [5.41, 5.74) is 0.768. The van der Waals surface area contributed by atoms with Gasteiger partial charge in [-0.05, 0) is 48.8 Å². The van der Waals surface area contributed by atoms with Gasteiger partial charge in [-0.3, -0.25) is 19.4 Å². The summed E-state index contributed by atoms with van der Waals surface area (Å²) in [5, 5.41) is 7.90. The minimum Gasteiger partial charge on any atom is -0.351 e. The van der Waals surface area contributed by atoms with Crippen molar-refractivity contribution in [3.63, 3.8) is 0 Å². The van der Waals surface area contributed by atoms with Crippen LogP contribution >= 0.6 is 11.3 Å². The third kappa shape index (κ3) is 5.54. The number of rotatable bonds is 7. The van der Waals surface area contributed by atoms with Crippen molar-refractivity contribution in [2.24, 2.45) is 0 Å². The van der Waals surface area contributed by atoms with Crippen molar-refractivity contribution in [1.82, 2.24) is 20.5 Å². The fourth-order valence-electron chi connectivity index (χ4n) is 4.64. The third-order valence-corrected chi connectivity index (χ3v) is 7.22. The van der Waals surface area contributed by atoms with Crippen molar-refractivity contribution in [2.45, 2.75) is 76.0 Å². The summed E-state index contributed by atoms with van der Waals surface area (Å²) >= 11 is 1.42. The molecule has 1 atom stereocenters. The van der Waals surface area contributed by atoms with Crippen LogP contribution in [0.5, 0.6) is 0 Å². The zero-order valence-corrected chi connectivity index (χ0v) is 19.0. The molecule has 2 aromatic heterocycles. The maximum atomic E-state index is 13.5. The molecule has 8 heteroatoms. The molecule has 2 aliphatic rings. The zero-order chi connectivity index (χ0) is 22.3. The average molecular weight is 455 g/mol. The van der Waals surface area contributed by atoms with Crippen molar-refractivity contribution >= 4 is 29.1 Å². The van der Waals surface area contributed by atoms with E-state index in [2.05, 4.69) is 15.6 Å². The Morgan fingerprint density at radius 1 is 1.00 bits per heavy atom. The van der Waals surface area contributed by atoms with Crippen LogP contribution in [0.3, 0.4) is 0 Å². The van der Waals surface area contributed by atoms with Gasteiger partial charge in [0.15, 0.2) is 0 Å². The molecule has 0 saturated heterocycles. The van der Waals surface area contributed by atoms with E-state index in [0.29, 0.717) is 0 Å². The number of carbonyl (C=O) groups is 3. The molecule has 2 saturated carbocycles. The molecule has 2 aliphatic carbocycles. The van der Waals surface area contributed by atoms with Gasteiger partial charge in [0.2, 0.25) is 5.91 Å². The highest BCUT2D eigenvalue weighted by molar-refractivity contribution is 7.10. The number of pyridine rings is 1. The Kier molecular flexibility index (Phi) is 7.52. The van der Waals surface area contributed by atoms with Gasteiger partial charge in [0.25, 0.3) is 0 Å². The number of amides is 3. The first-order valence-corrected chi connectivity index (χ1v) is 12.3. The van der Waals surface area contributed by atoms with E-state index < -0.39 is 17.9 Å². The molecule has 0 aromatic carbocycles. The van der Waals surface area contributed by atoms with Crippen molar-refractivity contribution < 1.29 is 14.4 Å². The van der Waals surface area contributed by atoms with E-state index in [9.17, 15) is 14.4 Å². The minimum absolute atomic E-state index is 0.0270. The predicted octanol–water partition coefficient (Wildman–Crippen LogP) is 3.33. The summed E-state index contributed by atoms with van der Waals surface area (Å²) < 4.78 is 0. The van der Waals surface area contributed by atoms with Crippen molar-refractivity contribution in [3.05, 3.63) is 52.5 Å². The van der Waals surface area contributed by atoms with Crippen LogP contribution in [-0.2, 0) is 20.9 Å². The fraction of sp³-hybridized carbons (Fsp3) is 0.500. The maximum Gasteiger partial charge on any atom is 0.313 e. The number of nitrogens with one attached hydrogen (secondary N) is 2. The van der Waals surface area contributed by atoms with Crippen molar-refractivity contribution in [1.29, 1.82) is 0 Å². The van der Waals surface area contributed by atoms with Crippen LogP contribution in [0.15, 0.2) is 42.0 Å². The highest BCUT2D eigenvalue weighted by atomic mass is 32.1. The Morgan fingerprint density at radius 2 is 1.69 bits per heavy atom. The van der Waals surface area contributed by atoms with Gasteiger partial charge in [-0.1, -0.05) is 37.8 Å². The second kappa shape index (κ2) is 10.7. The Labute approximate surface area is 192 Å². The van der Waals surface area contributed by atoms with Crippen LogP contribution in [0, 0.1) is 0 Å². The highest BCUT2D eigenvalue weighted by Gasteiger charge is 2.37. The Morgan fingerprint density at radius 3 is 2.28 bits per heavy atom. The molecule has 2 N–H and O–H groups in total. The van der Waals surface area contributed by atoms with Gasteiger partial charge in [0.1, 0.15) is 6.04 Å². The van der Waals surface area contributed by atoms with Gasteiger partial charge in [-0.25, -0.2) is 0 Å². The second-order valence-corrected chi connectivity index (χ2v) is 9.64. The summed E-state index contributed by atoms with van der Waals surface area (Å²) in [7, 11) is 0. The number of thiophene rings is 1. The lowest BCUT2D eigenvalue weighted by Crippen LogP contribution is -2.51. The third-order valence-electron chi connectivity index (χ3n) is 6.30. The molecule has 0 spiro atoms. The summed E-state index contributed by atoms with van der Waals surface area (Å²) in [4.78, 5) is 46.1. The lowest BCUT2D eigenvalue weighted by molar-refractivity contribution is -0.151. The van der Waals surface area contributed by atoms with Crippen LogP contribution < -0.4 is 10.6 Å². The molecule has 4 rings (SSSR count). The van der Waals surface area contributed by atoms with Crippen LogP contribution in [0.1, 0.15) is 67.8 Å². The smallest absolute Gasteiger partial charge is 0.313 e. The van der Waals surface area contributed by atoms with Crippen LogP contribution in [-0.4, -0.2) is 39.7 Å². The van der Waals surface area contributed by atoms with E-state index in [1.807, 2.05) is 23.6 Å². The molecule has 2 aromatic rings.